The highest BCUT2D eigenvalue weighted by atomic mass is 16.3. The maximum atomic E-state index is 10.4. The summed E-state index contributed by atoms with van der Waals surface area (Å²) in [5.74, 6) is 0. The van der Waals surface area contributed by atoms with Crippen molar-refractivity contribution >= 4 is 0 Å². The van der Waals surface area contributed by atoms with Gasteiger partial charge in [0, 0.05) is 0 Å². The first-order valence-electron chi connectivity index (χ1n) is 5.69. The van der Waals surface area contributed by atoms with Gasteiger partial charge in [-0.15, -0.1) is 0 Å². The van der Waals surface area contributed by atoms with Gasteiger partial charge in [0.25, 0.3) is 0 Å². The molecule has 0 amide bonds. The van der Waals surface area contributed by atoms with Crippen LogP contribution < -0.4 is 0 Å². The van der Waals surface area contributed by atoms with Crippen molar-refractivity contribution in [2.45, 2.75) is 53.1 Å². The van der Waals surface area contributed by atoms with Crippen LogP contribution in [0.25, 0.3) is 0 Å². The number of hydrogen-bond donors (Lipinski definition) is 1. The Kier molecular flexibility index (Phi) is 3.56. The lowest BCUT2D eigenvalue weighted by molar-refractivity contribution is 0.0463. The molecule has 84 valence electrons. The van der Waals surface area contributed by atoms with Crippen LogP contribution in [0.3, 0.4) is 0 Å². The van der Waals surface area contributed by atoms with E-state index in [4.69, 9.17) is 0 Å². The zero-order valence-electron chi connectivity index (χ0n) is 10.5. The molecule has 0 aromatic heterocycles. The fraction of sp³-hybridized carbons (Fsp3) is 0.571. The molecule has 1 N–H and O–H groups in total. The Labute approximate surface area is 93.1 Å². The van der Waals surface area contributed by atoms with Crippen LogP contribution in [0.1, 0.15) is 48.9 Å². The second kappa shape index (κ2) is 4.36. The van der Waals surface area contributed by atoms with E-state index < -0.39 is 5.60 Å². The maximum absolute atomic E-state index is 10.4. The molecule has 0 radical (unpaired) electrons. The lowest BCUT2D eigenvalue weighted by atomic mass is 9.86. The van der Waals surface area contributed by atoms with Crippen molar-refractivity contribution in [1.82, 2.24) is 0 Å². The number of hydrogen-bond acceptors (Lipinski definition) is 1. The summed E-state index contributed by atoms with van der Waals surface area (Å²) in [4.78, 5) is 0. The minimum atomic E-state index is -0.683. The Bertz CT molecular complexity index is 351. The molecule has 0 heterocycles. The van der Waals surface area contributed by atoms with Crippen LogP contribution in [-0.2, 0) is 5.60 Å². The number of benzene rings is 1. The molecule has 0 saturated carbocycles. The molecule has 1 atom stereocenters. The third kappa shape index (κ3) is 2.60. The minimum absolute atomic E-state index is 0.683. The summed E-state index contributed by atoms with van der Waals surface area (Å²) in [6.07, 6.45) is 1.82. The molecule has 1 heteroatoms. The number of rotatable bonds is 3. The van der Waals surface area contributed by atoms with E-state index in [0.717, 1.165) is 18.4 Å². The molecule has 0 aliphatic heterocycles. The molecule has 1 aromatic carbocycles. The minimum Gasteiger partial charge on any atom is -0.385 e. The normalized spacial score (nSPS) is 15.1. The molecule has 0 aliphatic carbocycles. The number of aliphatic hydroxyl groups is 1. The van der Waals surface area contributed by atoms with E-state index in [9.17, 15) is 5.11 Å². The molecule has 1 aromatic rings. The van der Waals surface area contributed by atoms with Gasteiger partial charge in [0.05, 0.1) is 5.60 Å². The highest BCUT2D eigenvalue weighted by molar-refractivity contribution is 5.39. The standard InChI is InChI=1S/C14H22O/c1-6-7-14(5,15)13-9-11(3)10(2)8-12(13)4/h8-9,15H,6-7H2,1-5H3. The molecule has 0 aliphatic rings. The van der Waals surface area contributed by atoms with Crippen LogP contribution in [0, 0.1) is 20.8 Å². The van der Waals surface area contributed by atoms with E-state index >= 15 is 0 Å². The Morgan fingerprint density at radius 3 is 2.13 bits per heavy atom. The molecule has 0 spiro atoms. The maximum Gasteiger partial charge on any atom is 0.0871 e. The van der Waals surface area contributed by atoms with Crippen LogP contribution in [0.15, 0.2) is 12.1 Å². The summed E-state index contributed by atoms with van der Waals surface area (Å²) < 4.78 is 0. The molecule has 15 heavy (non-hydrogen) atoms. The highest BCUT2D eigenvalue weighted by Crippen LogP contribution is 2.30. The van der Waals surface area contributed by atoms with E-state index in [0.29, 0.717) is 0 Å². The molecule has 1 unspecified atom stereocenters. The first-order valence-corrected chi connectivity index (χ1v) is 5.69. The van der Waals surface area contributed by atoms with Crippen molar-refractivity contribution in [3.8, 4) is 0 Å². The SMILES string of the molecule is CCCC(C)(O)c1cc(C)c(C)cc1C. The van der Waals surface area contributed by atoms with Crippen LogP contribution in [0.5, 0.6) is 0 Å². The summed E-state index contributed by atoms with van der Waals surface area (Å²) in [7, 11) is 0. The third-order valence-electron chi connectivity index (χ3n) is 3.16. The lowest BCUT2D eigenvalue weighted by Gasteiger charge is -2.26. The van der Waals surface area contributed by atoms with Gasteiger partial charge in [-0.05, 0) is 56.4 Å². The lowest BCUT2D eigenvalue weighted by Crippen LogP contribution is -2.22. The Morgan fingerprint density at radius 1 is 1.07 bits per heavy atom. The van der Waals surface area contributed by atoms with E-state index in [-0.39, 0.29) is 0 Å². The van der Waals surface area contributed by atoms with Crippen molar-refractivity contribution in [2.24, 2.45) is 0 Å². The first-order chi connectivity index (χ1) is 6.88. The second-order valence-electron chi connectivity index (χ2n) is 4.78. The number of aryl methyl sites for hydroxylation is 3. The summed E-state index contributed by atoms with van der Waals surface area (Å²) in [5, 5.41) is 10.4. The fourth-order valence-corrected chi connectivity index (χ4v) is 2.16. The summed E-state index contributed by atoms with van der Waals surface area (Å²) >= 11 is 0. The topological polar surface area (TPSA) is 20.2 Å². The Balaban J connectivity index is 3.19. The molecule has 0 saturated heterocycles. The van der Waals surface area contributed by atoms with Gasteiger partial charge in [-0.3, -0.25) is 0 Å². The Morgan fingerprint density at radius 2 is 1.60 bits per heavy atom. The van der Waals surface area contributed by atoms with Crippen molar-refractivity contribution in [2.75, 3.05) is 0 Å². The fourth-order valence-electron chi connectivity index (χ4n) is 2.16. The van der Waals surface area contributed by atoms with Crippen molar-refractivity contribution < 1.29 is 5.11 Å². The third-order valence-corrected chi connectivity index (χ3v) is 3.16. The smallest absolute Gasteiger partial charge is 0.0871 e. The van der Waals surface area contributed by atoms with Crippen molar-refractivity contribution in [1.29, 1.82) is 0 Å². The van der Waals surface area contributed by atoms with Crippen LogP contribution >= 0.6 is 0 Å². The molecule has 0 bridgehead atoms. The van der Waals surface area contributed by atoms with E-state index in [1.165, 1.54) is 16.7 Å². The largest absolute Gasteiger partial charge is 0.385 e. The first kappa shape index (κ1) is 12.3. The van der Waals surface area contributed by atoms with Gasteiger partial charge in [-0.1, -0.05) is 25.5 Å². The Hall–Kier alpha value is -0.820. The summed E-state index contributed by atoms with van der Waals surface area (Å²) in [6.45, 7) is 10.3. The average molecular weight is 206 g/mol. The average Bonchev–Trinajstić information content (AvgIpc) is 2.11. The van der Waals surface area contributed by atoms with E-state index in [1.54, 1.807) is 0 Å². The predicted molar refractivity (Wildman–Crippen MR) is 65.1 cm³/mol. The van der Waals surface area contributed by atoms with Gasteiger partial charge < -0.3 is 5.11 Å². The van der Waals surface area contributed by atoms with Gasteiger partial charge in [0.15, 0.2) is 0 Å². The van der Waals surface area contributed by atoms with Gasteiger partial charge in [-0.2, -0.15) is 0 Å². The van der Waals surface area contributed by atoms with Gasteiger partial charge in [0.2, 0.25) is 0 Å². The molecular weight excluding hydrogens is 184 g/mol. The quantitative estimate of drug-likeness (QED) is 0.801. The van der Waals surface area contributed by atoms with Gasteiger partial charge in [0.1, 0.15) is 0 Å². The van der Waals surface area contributed by atoms with Crippen LogP contribution in [-0.4, -0.2) is 5.11 Å². The molecule has 1 nitrogen and oxygen atoms in total. The van der Waals surface area contributed by atoms with Crippen LogP contribution in [0.4, 0.5) is 0 Å². The summed E-state index contributed by atoms with van der Waals surface area (Å²) in [5.41, 5.74) is 4.14. The van der Waals surface area contributed by atoms with Gasteiger partial charge >= 0.3 is 0 Å². The van der Waals surface area contributed by atoms with Crippen molar-refractivity contribution in [3.63, 3.8) is 0 Å². The van der Waals surface area contributed by atoms with E-state index in [2.05, 4.69) is 39.8 Å². The molecule has 1 rings (SSSR count). The van der Waals surface area contributed by atoms with Crippen LogP contribution in [0.2, 0.25) is 0 Å². The zero-order valence-corrected chi connectivity index (χ0v) is 10.5. The van der Waals surface area contributed by atoms with Crippen molar-refractivity contribution in [3.05, 3.63) is 34.4 Å². The predicted octanol–water partition coefficient (Wildman–Crippen LogP) is 3.62. The second-order valence-corrected chi connectivity index (χ2v) is 4.78. The van der Waals surface area contributed by atoms with Gasteiger partial charge in [-0.25, -0.2) is 0 Å². The summed E-state index contributed by atoms with van der Waals surface area (Å²) in [6, 6.07) is 4.29. The zero-order chi connectivity index (χ0) is 11.6. The molecule has 0 fully saturated rings. The van der Waals surface area contributed by atoms with E-state index in [1.807, 2.05) is 6.92 Å². The monoisotopic (exact) mass is 206 g/mol. The highest BCUT2D eigenvalue weighted by Gasteiger charge is 2.24. The molecular formula is C14H22O.